The third-order valence-electron chi connectivity index (χ3n) is 5.90. The number of imide groups is 1. The molecule has 0 radical (unpaired) electrons. The molecule has 0 bridgehead atoms. The monoisotopic (exact) mass is 492 g/mol. The van der Waals surface area contributed by atoms with Crippen molar-refractivity contribution >= 4 is 40.1 Å². The van der Waals surface area contributed by atoms with Gasteiger partial charge in [-0.1, -0.05) is 12.1 Å². The van der Waals surface area contributed by atoms with Crippen molar-refractivity contribution in [3.8, 4) is 5.75 Å². The lowest BCUT2D eigenvalue weighted by molar-refractivity contribution is -0.133. The molecule has 180 valence electrons. The number of benzene rings is 1. The summed E-state index contributed by atoms with van der Waals surface area (Å²) in [5.41, 5.74) is 5.50. The lowest BCUT2D eigenvalue weighted by Gasteiger charge is -2.22. The zero-order valence-electron chi connectivity index (χ0n) is 18.2. The summed E-state index contributed by atoms with van der Waals surface area (Å²) < 4.78 is 29.0. The second kappa shape index (κ2) is 9.01. The smallest absolute Gasteiger partial charge is 0.387 e. The first kappa shape index (κ1) is 23.6. The fourth-order valence-electron chi connectivity index (χ4n) is 4.23. The quantitative estimate of drug-likeness (QED) is 0.512. The minimum Gasteiger partial charge on any atom is -0.435 e. The van der Waals surface area contributed by atoms with E-state index in [-0.39, 0.29) is 11.3 Å². The Labute approximate surface area is 197 Å². The average molecular weight is 493 g/mol. The number of aryl methyl sites for hydroxylation is 1. The van der Waals surface area contributed by atoms with Gasteiger partial charge in [-0.05, 0) is 55.9 Å². The molecular formula is C22H22F2N4O5S. The molecule has 34 heavy (non-hydrogen) atoms. The van der Waals surface area contributed by atoms with Gasteiger partial charge in [0.05, 0.1) is 5.56 Å². The van der Waals surface area contributed by atoms with E-state index in [9.17, 15) is 28.0 Å². The second-order valence-corrected chi connectivity index (χ2v) is 9.28. The summed E-state index contributed by atoms with van der Waals surface area (Å²) >= 11 is 1.28. The summed E-state index contributed by atoms with van der Waals surface area (Å²) in [4.78, 5) is 52.1. The van der Waals surface area contributed by atoms with Crippen LogP contribution in [-0.4, -0.2) is 41.8 Å². The molecule has 4 rings (SSSR count). The second-order valence-electron chi connectivity index (χ2n) is 8.18. The standard InChI is InChI=1S/C22H22F2N4O5S/c1-22(11-6-8-12(9-7-11)33-20(23)24)19(31)28(21(32)27-22)10-15(29)26-18-16(17(25)30)13-4-2-3-5-14(13)34-18/h6-9,20H,2-5,10H2,1H3,(H2,25,30)(H,26,29)(H,27,32)/t22-/m1/s1. The summed E-state index contributed by atoms with van der Waals surface area (Å²) in [7, 11) is 0. The van der Waals surface area contributed by atoms with Crippen LogP contribution < -0.4 is 21.1 Å². The number of anilines is 1. The van der Waals surface area contributed by atoms with E-state index in [0.717, 1.165) is 34.6 Å². The van der Waals surface area contributed by atoms with Crippen molar-refractivity contribution in [2.24, 2.45) is 5.73 Å². The van der Waals surface area contributed by atoms with E-state index in [1.807, 2.05) is 0 Å². The third-order valence-corrected chi connectivity index (χ3v) is 7.11. The Morgan fingerprint density at radius 1 is 1.24 bits per heavy atom. The van der Waals surface area contributed by atoms with Crippen molar-refractivity contribution in [1.29, 1.82) is 0 Å². The van der Waals surface area contributed by atoms with E-state index in [0.29, 0.717) is 17.0 Å². The number of hydrogen-bond acceptors (Lipinski definition) is 6. The van der Waals surface area contributed by atoms with Gasteiger partial charge in [0.25, 0.3) is 11.8 Å². The predicted molar refractivity (Wildman–Crippen MR) is 119 cm³/mol. The Morgan fingerprint density at radius 2 is 1.91 bits per heavy atom. The van der Waals surface area contributed by atoms with Gasteiger partial charge in [0.1, 0.15) is 22.8 Å². The highest BCUT2D eigenvalue weighted by Crippen LogP contribution is 2.38. The molecule has 1 aliphatic heterocycles. The summed E-state index contributed by atoms with van der Waals surface area (Å²) in [5, 5.41) is 5.48. The minimum absolute atomic E-state index is 0.0979. The van der Waals surface area contributed by atoms with E-state index in [2.05, 4.69) is 15.4 Å². The molecule has 5 amide bonds. The van der Waals surface area contributed by atoms with Gasteiger partial charge in [0.15, 0.2) is 0 Å². The Hall–Kier alpha value is -3.54. The van der Waals surface area contributed by atoms with Crippen molar-refractivity contribution < 1.29 is 32.7 Å². The molecule has 1 aliphatic carbocycles. The molecule has 0 saturated carbocycles. The van der Waals surface area contributed by atoms with Crippen LogP contribution in [0.3, 0.4) is 0 Å². The van der Waals surface area contributed by atoms with Gasteiger partial charge < -0.3 is 21.1 Å². The van der Waals surface area contributed by atoms with Crippen LogP contribution in [0.1, 0.15) is 46.1 Å². The molecule has 0 spiro atoms. The van der Waals surface area contributed by atoms with Crippen molar-refractivity contribution in [1.82, 2.24) is 10.2 Å². The number of ether oxygens (including phenoxy) is 1. The first-order chi connectivity index (χ1) is 16.1. The molecule has 9 nitrogen and oxygen atoms in total. The first-order valence-corrected chi connectivity index (χ1v) is 11.4. The van der Waals surface area contributed by atoms with Crippen LogP contribution in [0.4, 0.5) is 18.6 Å². The molecule has 4 N–H and O–H groups in total. The minimum atomic E-state index is -2.99. The third kappa shape index (κ3) is 4.32. The summed E-state index contributed by atoms with van der Waals surface area (Å²) in [6, 6.07) is 4.50. The number of fused-ring (bicyclic) bond motifs is 1. The lowest BCUT2D eigenvalue weighted by atomic mass is 9.92. The number of amides is 5. The number of nitrogens with two attached hydrogens (primary N) is 1. The van der Waals surface area contributed by atoms with Crippen LogP contribution >= 0.6 is 11.3 Å². The van der Waals surface area contributed by atoms with Gasteiger partial charge >= 0.3 is 12.6 Å². The Morgan fingerprint density at radius 3 is 2.56 bits per heavy atom. The van der Waals surface area contributed by atoms with Crippen LogP contribution in [0.5, 0.6) is 5.75 Å². The highest BCUT2D eigenvalue weighted by atomic mass is 32.1. The molecule has 12 heteroatoms. The Bertz CT molecular complexity index is 1170. The maximum Gasteiger partial charge on any atom is 0.387 e. The van der Waals surface area contributed by atoms with Crippen LogP contribution in [0.25, 0.3) is 0 Å². The molecule has 1 aromatic carbocycles. The van der Waals surface area contributed by atoms with E-state index in [4.69, 9.17) is 5.73 Å². The first-order valence-electron chi connectivity index (χ1n) is 10.5. The van der Waals surface area contributed by atoms with Gasteiger partial charge in [-0.3, -0.25) is 19.3 Å². The largest absolute Gasteiger partial charge is 0.435 e. The van der Waals surface area contributed by atoms with Crippen LogP contribution in [0.15, 0.2) is 24.3 Å². The molecule has 1 saturated heterocycles. The molecular weight excluding hydrogens is 470 g/mol. The molecule has 2 aliphatic rings. The molecule has 1 aromatic heterocycles. The maximum absolute atomic E-state index is 13.1. The molecule has 1 fully saturated rings. The number of carbonyl (C=O) groups is 4. The Balaban J connectivity index is 1.49. The number of nitrogens with one attached hydrogen (secondary N) is 2. The van der Waals surface area contributed by atoms with E-state index < -0.39 is 42.4 Å². The number of hydrogen-bond donors (Lipinski definition) is 3. The molecule has 0 unspecified atom stereocenters. The van der Waals surface area contributed by atoms with E-state index in [1.54, 1.807) is 0 Å². The van der Waals surface area contributed by atoms with Gasteiger partial charge in [-0.2, -0.15) is 8.78 Å². The number of thiophene rings is 1. The number of carbonyl (C=O) groups excluding carboxylic acids is 4. The SMILES string of the molecule is C[C@]1(c2ccc(OC(F)F)cc2)NC(=O)N(CC(=O)Nc2sc3c(c2C(N)=O)CCCC3)C1=O. The molecule has 2 heterocycles. The summed E-state index contributed by atoms with van der Waals surface area (Å²) in [6.45, 7) is -2.12. The summed E-state index contributed by atoms with van der Waals surface area (Å²) in [6.07, 6.45) is 3.40. The van der Waals surface area contributed by atoms with Crippen molar-refractivity contribution in [2.45, 2.75) is 44.8 Å². The molecule has 2 aromatic rings. The van der Waals surface area contributed by atoms with Gasteiger partial charge in [-0.25, -0.2) is 4.79 Å². The Kier molecular flexibility index (Phi) is 6.26. The summed E-state index contributed by atoms with van der Waals surface area (Å²) in [5.74, 6) is -2.08. The zero-order chi connectivity index (χ0) is 24.6. The predicted octanol–water partition coefficient (Wildman–Crippen LogP) is 2.73. The lowest BCUT2D eigenvalue weighted by Crippen LogP contribution is -2.42. The topological polar surface area (TPSA) is 131 Å². The van der Waals surface area contributed by atoms with Gasteiger partial charge in [0.2, 0.25) is 5.91 Å². The average Bonchev–Trinajstić information content (AvgIpc) is 3.24. The zero-order valence-corrected chi connectivity index (χ0v) is 19.0. The highest BCUT2D eigenvalue weighted by molar-refractivity contribution is 7.17. The highest BCUT2D eigenvalue weighted by Gasteiger charge is 2.49. The number of halogens is 2. The van der Waals surface area contributed by atoms with Gasteiger partial charge in [0, 0.05) is 4.88 Å². The van der Waals surface area contributed by atoms with E-state index in [1.165, 1.54) is 42.5 Å². The normalized spacial score (nSPS) is 19.7. The van der Waals surface area contributed by atoms with Crippen molar-refractivity contribution in [3.63, 3.8) is 0 Å². The van der Waals surface area contributed by atoms with Crippen LogP contribution in [0.2, 0.25) is 0 Å². The number of alkyl halides is 2. The number of rotatable bonds is 7. The van der Waals surface area contributed by atoms with E-state index >= 15 is 0 Å². The number of nitrogens with zero attached hydrogens (tertiary/aromatic N) is 1. The number of primary amides is 1. The van der Waals surface area contributed by atoms with Gasteiger partial charge in [-0.15, -0.1) is 11.3 Å². The number of urea groups is 1. The fraction of sp³-hybridized carbons (Fsp3) is 0.364. The fourth-order valence-corrected chi connectivity index (χ4v) is 5.54. The van der Waals surface area contributed by atoms with Crippen molar-refractivity contribution in [2.75, 3.05) is 11.9 Å². The maximum atomic E-state index is 13.1. The van der Waals surface area contributed by atoms with Crippen molar-refractivity contribution in [3.05, 3.63) is 45.8 Å². The van der Waals surface area contributed by atoms with Crippen LogP contribution in [-0.2, 0) is 28.0 Å². The molecule has 1 atom stereocenters. The van der Waals surface area contributed by atoms with Crippen LogP contribution in [0, 0.1) is 0 Å².